The molecule has 40 heavy (non-hydrogen) atoms. The van der Waals surface area contributed by atoms with Crippen molar-refractivity contribution in [2.24, 2.45) is 11.1 Å². The van der Waals surface area contributed by atoms with Gasteiger partial charge in [0.05, 0.1) is 28.6 Å². The monoisotopic (exact) mass is 540 g/mol. The fourth-order valence-electron chi connectivity index (χ4n) is 5.01. The second-order valence-electron chi connectivity index (χ2n) is 9.95. The summed E-state index contributed by atoms with van der Waals surface area (Å²) in [6.07, 6.45) is 0.880. The van der Waals surface area contributed by atoms with E-state index in [-0.39, 0.29) is 19.0 Å². The molecule has 0 unspecified atom stereocenters. The van der Waals surface area contributed by atoms with Gasteiger partial charge < -0.3 is 25.1 Å². The number of nitrogens with zero attached hydrogens (tertiary/aromatic N) is 2. The van der Waals surface area contributed by atoms with Crippen LogP contribution < -0.4 is 11.1 Å². The molecule has 0 radical (unpaired) electrons. The Bertz CT molecular complexity index is 1520. The highest BCUT2D eigenvalue weighted by atomic mass is 16.5. The maximum absolute atomic E-state index is 13.5. The smallest absolute Gasteiger partial charge is 0.338 e. The van der Waals surface area contributed by atoms with E-state index in [4.69, 9.17) is 15.2 Å². The Morgan fingerprint density at radius 2 is 1.70 bits per heavy atom. The molecule has 0 bridgehead atoms. The molecule has 1 aliphatic heterocycles. The first kappa shape index (κ1) is 27.1. The standard InChI is InChI=1S/C31H32N4O5/c1-2-40-29(37)24-12-13-25-26(18-24)35(19-21-8-10-23(11-9-21)22-6-4-3-5-7-22)27(34-25)28(36)33-20-31(30(32)38)14-16-39-17-15-31/h3-13,18H,2,14-17,19-20H2,1H3,(H2,32,38)(H,33,36). The van der Waals surface area contributed by atoms with E-state index in [0.29, 0.717) is 49.2 Å². The molecule has 4 aromatic rings. The summed E-state index contributed by atoms with van der Waals surface area (Å²) in [6.45, 7) is 3.26. The average molecular weight is 541 g/mol. The van der Waals surface area contributed by atoms with Crippen molar-refractivity contribution in [1.29, 1.82) is 0 Å². The molecule has 1 fully saturated rings. The van der Waals surface area contributed by atoms with Gasteiger partial charge in [-0.25, -0.2) is 9.78 Å². The van der Waals surface area contributed by atoms with Crippen molar-refractivity contribution in [3.63, 3.8) is 0 Å². The van der Waals surface area contributed by atoms with Crippen LogP contribution in [-0.2, 0) is 20.8 Å². The van der Waals surface area contributed by atoms with Crippen LogP contribution in [0.3, 0.4) is 0 Å². The van der Waals surface area contributed by atoms with Crippen LogP contribution in [-0.4, -0.2) is 53.7 Å². The summed E-state index contributed by atoms with van der Waals surface area (Å²) in [4.78, 5) is 42.9. The SMILES string of the molecule is CCOC(=O)c1ccc2nc(C(=O)NCC3(C(N)=O)CCOCC3)n(Cc3ccc(-c4ccccc4)cc3)c2c1. The van der Waals surface area contributed by atoms with Crippen LogP contribution in [0.1, 0.15) is 46.3 Å². The van der Waals surface area contributed by atoms with Crippen LogP contribution in [0.15, 0.2) is 72.8 Å². The molecule has 1 saturated heterocycles. The first-order valence-electron chi connectivity index (χ1n) is 13.4. The third-order valence-electron chi connectivity index (χ3n) is 7.42. The summed E-state index contributed by atoms with van der Waals surface area (Å²) in [7, 11) is 0. The number of carbonyl (C=O) groups is 3. The Morgan fingerprint density at radius 1 is 1.00 bits per heavy atom. The molecule has 1 aromatic heterocycles. The highest BCUT2D eigenvalue weighted by molar-refractivity contribution is 5.98. The molecule has 0 atom stereocenters. The summed E-state index contributed by atoms with van der Waals surface area (Å²) < 4.78 is 12.4. The minimum atomic E-state index is -0.866. The van der Waals surface area contributed by atoms with E-state index < -0.39 is 23.2 Å². The first-order valence-corrected chi connectivity index (χ1v) is 13.4. The first-order chi connectivity index (χ1) is 19.4. The van der Waals surface area contributed by atoms with E-state index in [9.17, 15) is 14.4 Å². The minimum Gasteiger partial charge on any atom is -0.462 e. The zero-order valence-electron chi connectivity index (χ0n) is 22.4. The number of imidazole rings is 1. The Kier molecular flexibility index (Phi) is 7.93. The van der Waals surface area contributed by atoms with Crippen LogP contribution in [0.25, 0.3) is 22.2 Å². The van der Waals surface area contributed by atoms with Crippen LogP contribution in [0.5, 0.6) is 0 Å². The van der Waals surface area contributed by atoms with E-state index in [1.54, 1.807) is 29.7 Å². The number of primary amides is 1. The molecule has 9 nitrogen and oxygen atoms in total. The second kappa shape index (κ2) is 11.7. The van der Waals surface area contributed by atoms with Crippen LogP contribution in [0, 0.1) is 5.41 Å². The van der Waals surface area contributed by atoms with Gasteiger partial charge in [-0.3, -0.25) is 9.59 Å². The Labute approximate surface area is 232 Å². The lowest BCUT2D eigenvalue weighted by Gasteiger charge is -2.34. The molecule has 5 rings (SSSR count). The van der Waals surface area contributed by atoms with Gasteiger partial charge in [0.15, 0.2) is 5.82 Å². The number of nitrogens with one attached hydrogen (secondary N) is 1. The summed E-state index contributed by atoms with van der Waals surface area (Å²) in [5.74, 6) is -1.16. The van der Waals surface area contributed by atoms with Crippen LogP contribution >= 0.6 is 0 Å². The van der Waals surface area contributed by atoms with Gasteiger partial charge in [-0.05, 0) is 54.7 Å². The van der Waals surface area contributed by atoms with Crippen LogP contribution in [0.2, 0.25) is 0 Å². The van der Waals surface area contributed by atoms with Gasteiger partial charge >= 0.3 is 5.97 Å². The molecule has 0 saturated carbocycles. The molecule has 9 heteroatoms. The third kappa shape index (κ3) is 5.60. The fourth-order valence-corrected chi connectivity index (χ4v) is 5.01. The number of ether oxygens (including phenoxy) is 2. The van der Waals surface area contributed by atoms with Gasteiger partial charge in [0.1, 0.15) is 0 Å². The zero-order valence-corrected chi connectivity index (χ0v) is 22.4. The highest BCUT2D eigenvalue weighted by Gasteiger charge is 2.39. The number of rotatable bonds is 9. The molecule has 3 aromatic carbocycles. The van der Waals surface area contributed by atoms with Crippen LogP contribution in [0.4, 0.5) is 0 Å². The van der Waals surface area contributed by atoms with Crippen molar-refractivity contribution in [1.82, 2.24) is 14.9 Å². The molecule has 0 aliphatic carbocycles. The van der Waals surface area contributed by atoms with E-state index >= 15 is 0 Å². The fraction of sp³-hybridized carbons (Fsp3) is 0.290. The van der Waals surface area contributed by atoms with E-state index in [1.807, 2.05) is 42.5 Å². The van der Waals surface area contributed by atoms with E-state index in [0.717, 1.165) is 16.7 Å². The second-order valence-corrected chi connectivity index (χ2v) is 9.95. The summed E-state index contributed by atoms with van der Waals surface area (Å²) in [5.41, 5.74) is 9.57. The summed E-state index contributed by atoms with van der Waals surface area (Å²) in [6, 6.07) is 23.2. The predicted octanol–water partition coefficient (Wildman–Crippen LogP) is 3.94. The zero-order chi connectivity index (χ0) is 28.1. The van der Waals surface area contributed by atoms with E-state index in [1.165, 1.54) is 0 Å². The Hall–Kier alpha value is -4.50. The molecule has 206 valence electrons. The van der Waals surface area contributed by atoms with Gasteiger partial charge in [0.2, 0.25) is 5.91 Å². The molecule has 1 aliphatic rings. The normalized spacial score (nSPS) is 14.5. The number of fused-ring (bicyclic) bond motifs is 1. The number of esters is 1. The molecule has 0 spiro atoms. The molecule has 3 N–H and O–H groups in total. The van der Waals surface area contributed by atoms with Crippen molar-refractivity contribution >= 4 is 28.8 Å². The number of nitrogens with two attached hydrogens (primary N) is 1. The summed E-state index contributed by atoms with van der Waals surface area (Å²) >= 11 is 0. The van der Waals surface area contributed by atoms with Crippen molar-refractivity contribution in [2.45, 2.75) is 26.3 Å². The number of aromatic nitrogens is 2. The number of hydrogen-bond donors (Lipinski definition) is 2. The number of carbonyl (C=O) groups excluding carboxylic acids is 3. The van der Waals surface area contributed by atoms with Gasteiger partial charge in [0, 0.05) is 26.3 Å². The van der Waals surface area contributed by atoms with Crippen molar-refractivity contribution in [2.75, 3.05) is 26.4 Å². The topological polar surface area (TPSA) is 126 Å². The predicted molar refractivity (Wildman–Crippen MR) is 151 cm³/mol. The molecule has 2 heterocycles. The van der Waals surface area contributed by atoms with Gasteiger partial charge in [-0.1, -0.05) is 54.6 Å². The lowest BCUT2D eigenvalue weighted by molar-refractivity contribution is -0.132. The number of benzene rings is 3. The third-order valence-corrected chi connectivity index (χ3v) is 7.42. The lowest BCUT2D eigenvalue weighted by atomic mass is 9.79. The van der Waals surface area contributed by atoms with Crippen molar-refractivity contribution in [3.05, 3.63) is 89.7 Å². The maximum Gasteiger partial charge on any atom is 0.338 e. The Morgan fingerprint density at radius 3 is 2.38 bits per heavy atom. The number of hydrogen-bond acceptors (Lipinski definition) is 6. The number of amides is 2. The largest absolute Gasteiger partial charge is 0.462 e. The highest BCUT2D eigenvalue weighted by Crippen LogP contribution is 2.30. The Balaban J connectivity index is 1.48. The molecular weight excluding hydrogens is 508 g/mol. The van der Waals surface area contributed by atoms with E-state index in [2.05, 4.69) is 22.4 Å². The van der Waals surface area contributed by atoms with Gasteiger partial charge in [0.25, 0.3) is 5.91 Å². The quantitative estimate of drug-likeness (QED) is 0.310. The lowest BCUT2D eigenvalue weighted by Crippen LogP contribution is -2.49. The van der Waals surface area contributed by atoms with Crippen molar-refractivity contribution < 1.29 is 23.9 Å². The van der Waals surface area contributed by atoms with Gasteiger partial charge in [-0.15, -0.1) is 0 Å². The summed E-state index contributed by atoms with van der Waals surface area (Å²) in [5, 5.41) is 2.90. The molecule has 2 amide bonds. The minimum absolute atomic E-state index is 0.0909. The van der Waals surface area contributed by atoms with Gasteiger partial charge in [-0.2, -0.15) is 0 Å². The molecular formula is C31H32N4O5. The van der Waals surface area contributed by atoms with Crippen molar-refractivity contribution in [3.8, 4) is 11.1 Å². The average Bonchev–Trinajstić information content (AvgIpc) is 3.35. The maximum atomic E-state index is 13.5.